The third kappa shape index (κ3) is 7.18. The average Bonchev–Trinajstić information content (AvgIpc) is 2.90. The van der Waals surface area contributed by atoms with Crippen molar-refractivity contribution in [2.24, 2.45) is 23.7 Å². The van der Waals surface area contributed by atoms with Gasteiger partial charge in [0.15, 0.2) is 0 Å². The molecule has 4 atom stereocenters. The van der Waals surface area contributed by atoms with Crippen molar-refractivity contribution in [1.82, 2.24) is 0 Å². The molecule has 2 aliphatic rings. The summed E-state index contributed by atoms with van der Waals surface area (Å²) in [4.78, 5) is 0. The molecule has 0 spiro atoms. The lowest BCUT2D eigenvalue weighted by molar-refractivity contribution is 0.268. The Morgan fingerprint density at radius 2 is 1.39 bits per heavy atom. The van der Waals surface area contributed by atoms with Gasteiger partial charge in [-0.05, 0) is 36.5 Å². The van der Waals surface area contributed by atoms with E-state index in [-0.39, 0.29) is 0 Å². The molecule has 0 saturated heterocycles. The van der Waals surface area contributed by atoms with Crippen LogP contribution in [-0.4, -0.2) is 0 Å². The summed E-state index contributed by atoms with van der Waals surface area (Å²) in [5.41, 5.74) is 0. The lowest BCUT2D eigenvalue weighted by atomic mass is 9.82. The molecular weight excluding hydrogens is 276 g/mol. The van der Waals surface area contributed by atoms with Gasteiger partial charge in [-0.3, -0.25) is 0 Å². The molecule has 23 heavy (non-hydrogen) atoms. The van der Waals surface area contributed by atoms with Crippen molar-refractivity contribution >= 4 is 0 Å². The van der Waals surface area contributed by atoms with E-state index in [0.29, 0.717) is 0 Å². The summed E-state index contributed by atoms with van der Waals surface area (Å²) in [6.07, 6.45) is 25.7. The van der Waals surface area contributed by atoms with Gasteiger partial charge < -0.3 is 0 Å². The van der Waals surface area contributed by atoms with Crippen LogP contribution in [0.3, 0.4) is 0 Å². The third-order valence-electron chi connectivity index (χ3n) is 7.13. The van der Waals surface area contributed by atoms with Gasteiger partial charge in [-0.25, -0.2) is 0 Å². The Balaban J connectivity index is 1.79. The first-order chi connectivity index (χ1) is 11.3. The first kappa shape index (κ1) is 19.3. The van der Waals surface area contributed by atoms with Crippen molar-refractivity contribution in [1.29, 1.82) is 0 Å². The van der Waals surface area contributed by atoms with E-state index in [1.54, 1.807) is 25.7 Å². The molecule has 0 aromatic rings. The van der Waals surface area contributed by atoms with Crippen molar-refractivity contribution in [3.05, 3.63) is 0 Å². The first-order valence-corrected chi connectivity index (χ1v) is 11.3. The minimum Gasteiger partial charge on any atom is -0.0654 e. The number of rotatable bonds is 5. The zero-order valence-electron chi connectivity index (χ0n) is 16.3. The van der Waals surface area contributed by atoms with E-state index in [2.05, 4.69) is 13.8 Å². The normalized spacial score (nSPS) is 34.2. The van der Waals surface area contributed by atoms with Crippen molar-refractivity contribution < 1.29 is 0 Å². The second kappa shape index (κ2) is 11.5. The van der Waals surface area contributed by atoms with Crippen LogP contribution in [0.25, 0.3) is 0 Å². The Hall–Kier alpha value is 0. The Morgan fingerprint density at radius 1 is 0.652 bits per heavy atom. The highest BCUT2D eigenvalue weighted by Gasteiger charge is 2.32. The quantitative estimate of drug-likeness (QED) is 0.448. The molecule has 0 N–H and O–H groups in total. The van der Waals surface area contributed by atoms with Gasteiger partial charge in [0.2, 0.25) is 0 Å². The van der Waals surface area contributed by atoms with E-state index < -0.39 is 0 Å². The number of hydrogen-bond acceptors (Lipinski definition) is 0. The average molecular weight is 321 g/mol. The molecule has 0 heteroatoms. The fourth-order valence-electron chi connectivity index (χ4n) is 5.55. The monoisotopic (exact) mass is 320 g/mol. The summed E-state index contributed by atoms with van der Waals surface area (Å²) in [6.45, 7) is 4.88. The van der Waals surface area contributed by atoms with Crippen molar-refractivity contribution in [2.45, 2.75) is 123 Å². The van der Waals surface area contributed by atoms with E-state index in [0.717, 1.165) is 23.7 Å². The molecule has 2 saturated carbocycles. The molecular formula is C23H44. The van der Waals surface area contributed by atoms with Gasteiger partial charge in [0.1, 0.15) is 0 Å². The fourth-order valence-corrected chi connectivity index (χ4v) is 5.55. The lowest BCUT2D eigenvalue weighted by Crippen LogP contribution is -2.14. The van der Waals surface area contributed by atoms with Crippen LogP contribution in [0.15, 0.2) is 0 Å². The molecule has 0 nitrogen and oxygen atoms in total. The second-order valence-corrected chi connectivity index (χ2v) is 8.97. The maximum Gasteiger partial charge on any atom is -0.0360 e. The van der Waals surface area contributed by atoms with Gasteiger partial charge in [-0.15, -0.1) is 0 Å². The highest BCUT2D eigenvalue weighted by molar-refractivity contribution is 4.83. The first-order valence-electron chi connectivity index (χ1n) is 11.3. The van der Waals surface area contributed by atoms with E-state index >= 15 is 0 Å². The fraction of sp³-hybridized carbons (Fsp3) is 1.00. The zero-order valence-corrected chi connectivity index (χ0v) is 16.3. The molecule has 0 aromatic carbocycles. The topological polar surface area (TPSA) is 0 Å². The maximum absolute atomic E-state index is 2.55. The van der Waals surface area contributed by atoms with E-state index in [4.69, 9.17) is 0 Å². The van der Waals surface area contributed by atoms with Crippen LogP contribution >= 0.6 is 0 Å². The molecule has 2 fully saturated rings. The van der Waals surface area contributed by atoms with Crippen LogP contribution in [-0.2, 0) is 0 Å². The van der Waals surface area contributed by atoms with Crippen molar-refractivity contribution in [3.63, 3.8) is 0 Å². The highest BCUT2D eigenvalue weighted by Crippen LogP contribution is 2.43. The smallest absolute Gasteiger partial charge is 0.0360 e. The van der Waals surface area contributed by atoms with Crippen LogP contribution in [0.1, 0.15) is 123 Å². The largest absolute Gasteiger partial charge is 0.0654 e. The van der Waals surface area contributed by atoms with Crippen LogP contribution in [0.4, 0.5) is 0 Å². The summed E-state index contributed by atoms with van der Waals surface area (Å²) in [5, 5.41) is 0. The molecule has 0 aliphatic heterocycles. The standard InChI is InChI=1S/C23H44/c1-3-4-5-9-13-21-14-10-7-6-8-11-16-22-19-18-20(2)23(22)17-12-15-21/h20-23H,3-19H2,1-2H3. The van der Waals surface area contributed by atoms with E-state index in [9.17, 15) is 0 Å². The number of hydrogen-bond donors (Lipinski definition) is 0. The molecule has 0 amide bonds. The van der Waals surface area contributed by atoms with Crippen LogP contribution < -0.4 is 0 Å². The molecule has 136 valence electrons. The minimum atomic E-state index is 1.02. The van der Waals surface area contributed by atoms with E-state index in [1.807, 2.05) is 0 Å². The lowest BCUT2D eigenvalue weighted by Gasteiger charge is -2.24. The predicted octanol–water partition coefficient (Wildman–Crippen LogP) is 8.15. The summed E-state index contributed by atoms with van der Waals surface area (Å²) in [5.74, 6) is 4.25. The van der Waals surface area contributed by atoms with Gasteiger partial charge in [0, 0.05) is 0 Å². The van der Waals surface area contributed by atoms with Crippen LogP contribution in [0.5, 0.6) is 0 Å². The summed E-state index contributed by atoms with van der Waals surface area (Å²) >= 11 is 0. The van der Waals surface area contributed by atoms with Crippen LogP contribution in [0, 0.1) is 23.7 Å². The molecule has 4 unspecified atom stereocenters. The maximum atomic E-state index is 2.55. The molecule has 0 bridgehead atoms. The number of unbranched alkanes of at least 4 members (excludes halogenated alkanes) is 3. The number of fused-ring (bicyclic) bond motifs is 1. The Bertz CT molecular complexity index is 282. The molecule has 2 aliphatic carbocycles. The van der Waals surface area contributed by atoms with Gasteiger partial charge in [-0.2, -0.15) is 0 Å². The molecule has 0 heterocycles. The SMILES string of the molecule is CCCCCCC1CCCCCCCC2CCC(C)C2CCC1. The summed E-state index contributed by atoms with van der Waals surface area (Å²) in [7, 11) is 0. The summed E-state index contributed by atoms with van der Waals surface area (Å²) < 4.78 is 0. The van der Waals surface area contributed by atoms with Crippen molar-refractivity contribution in [2.75, 3.05) is 0 Å². The van der Waals surface area contributed by atoms with Gasteiger partial charge in [-0.1, -0.05) is 110 Å². The third-order valence-corrected chi connectivity index (χ3v) is 7.13. The van der Waals surface area contributed by atoms with Crippen LogP contribution in [0.2, 0.25) is 0 Å². The Kier molecular flexibility index (Phi) is 9.69. The predicted molar refractivity (Wildman–Crippen MR) is 104 cm³/mol. The Morgan fingerprint density at radius 3 is 2.22 bits per heavy atom. The van der Waals surface area contributed by atoms with Gasteiger partial charge >= 0.3 is 0 Å². The van der Waals surface area contributed by atoms with Gasteiger partial charge in [0.25, 0.3) is 0 Å². The molecule has 0 aromatic heterocycles. The van der Waals surface area contributed by atoms with Gasteiger partial charge in [0.05, 0.1) is 0 Å². The summed E-state index contributed by atoms with van der Waals surface area (Å²) in [6, 6.07) is 0. The second-order valence-electron chi connectivity index (χ2n) is 8.97. The Labute approximate surface area is 147 Å². The highest BCUT2D eigenvalue weighted by atomic mass is 14.4. The van der Waals surface area contributed by atoms with E-state index in [1.165, 1.54) is 83.5 Å². The molecule has 0 radical (unpaired) electrons. The molecule has 2 rings (SSSR count). The zero-order chi connectivity index (χ0) is 16.3. The van der Waals surface area contributed by atoms with Crippen molar-refractivity contribution in [3.8, 4) is 0 Å². The minimum absolute atomic E-state index is 1.02.